The van der Waals surface area contributed by atoms with E-state index in [0.717, 1.165) is 11.4 Å². The van der Waals surface area contributed by atoms with Gasteiger partial charge in [-0.15, -0.1) is 0 Å². The summed E-state index contributed by atoms with van der Waals surface area (Å²) in [6.45, 7) is 18.8. The molecule has 9 aromatic carbocycles. The highest BCUT2D eigenvalue weighted by molar-refractivity contribution is 7.00. The van der Waals surface area contributed by atoms with E-state index in [2.05, 4.69) is 265 Å². The van der Waals surface area contributed by atoms with Gasteiger partial charge in [-0.2, -0.15) is 0 Å². The van der Waals surface area contributed by atoms with E-state index in [-0.39, 0.29) is 23.0 Å². The molecule has 3 aliphatic rings. The molecule has 0 spiro atoms. The normalized spacial score (nSPS) is 14.2. The molecule has 2 nitrogen and oxygen atoms in total. The number of fused-ring (bicyclic) bond motifs is 7. The molecule has 3 heteroatoms. The molecular formula is C65H57BN2. The molecule has 2 heterocycles. The molecule has 1 aliphatic carbocycles. The van der Waals surface area contributed by atoms with Crippen LogP contribution in [0.4, 0.5) is 34.1 Å². The molecule has 9 aromatic rings. The van der Waals surface area contributed by atoms with Gasteiger partial charge in [-0.1, -0.05) is 207 Å². The molecule has 68 heavy (non-hydrogen) atoms. The Balaban J connectivity index is 1.10. The predicted octanol–water partition coefficient (Wildman–Crippen LogP) is 15.7. The number of benzene rings is 9. The molecule has 0 bridgehead atoms. The van der Waals surface area contributed by atoms with Crippen LogP contribution in [0.5, 0.6) is 0 Å². The smallest absolute Gasteiger partial charge is 0.252 e. The van der Waals surface area contributed by atoms with Crippen molar-refractivity contribution in [3.63, 3.8) is 0 Å². The van der Waals surface area contributed by atoms with Crippen LogP contribution in [0.15, 0.2) is 200 Å². The number of rotatable bonds is 5. The Morgan fingerprint density at radius 1 is 0.368 bits per heavy atom. The van der Waals surface area contributed by atoms with E-state index in [9.17, 15) is 0 Å². The lowest BCUT2D eigenvalue weighted by Crippen LogP contribution is -2.61. The Morgan fingerprint density at radius 2 is 0.838 bits per heavy atom. The van der Waals surface area contributed by atoms with E-state index in [1.54, 1.807) is 0 Å². The molecule has 330 valence electrons. The van der Waals surface area contributed by atoms with Crippen molar-refractivity contribution in [2.45, 2.75) is 71.6 Å². The van der Waals surface area contributed by atoms with Crippen molar-refractivity contribution in [1.82, 2.24) is 0 Å². The summed E-state index contributed by atoms with van der Waals surface area (Å²) < 4.78 is 0. The molecule has 0 fully saturated rings. The summed E-state index contributed by atoms with van der Waals surface area (Å²) in [6.07, 6.45) is 0. The summed E-state index contributed by atoms with van der Waals surface area (Å²) in [5, 5.41) is 0. The van der Waals surface area contributed by atoms with Crippen molar-refractivity contribution in [2.75, 3.05) is 9.80 Å². The van der Waals surface area contributed by atoms with Crippen molar-refractivity contribution < 1.29 is 0 Å². The van der Waals surface area contributed by atoms with Gasteiger partial charge in [0, 0.05) is 39.5 Å². The largest absolute Gasteiger partial charge is 0.311 e. The van der Waals surface area contributed by atoms with Gasteiger partial charge >= 0.3 is 0 Å². The fourth-order valence-electron chi connectivity index (χ4n) is 11.5. The maximum absolute atomic E-state index is 2.58. The van der Waals surface area contributed by atoms with Crippen LogP contribution in [-0.2, 0) is 16.2 Å². The quantitative estimate of drug-likeness (QED) is 0.159. The maximum Gasteiger partial charge on any atom is 0.252 e. The summed E-state index contributed by atoms with van der Waals surface area (Å²) in [6, 6.07) is 75.6. The van der Waals surface area contributed by atoms with E-state index in [4.69, 9.17) is 0 Å². The van der Waals surface area contributed by atoms with Crippen LogP contribution in [0.3, 0.4) is 0 Å². The Morgan fingerprint density at radius 3 is 1.44 bits per heavy atom. The number of anilines is 6. The van der Waals surface area contributed by atoms with Crippen LogP contribution in [0.1, 0.15) is 77.6 Å². The average Bonchev–Trinajstić information content (AvgIpc) is 3.59. The summed E-state index contributed by atoms with van der Waals surface area (Å²) in [7, 11) is 0. The lowest BCUT2D eigenvalue weighted by Gasteiger charge is -2.45. The Hall–Kier alpha value is -7.36. The first-order chi connectivity index (χ1) is 32.8. The highest BCUT2D eigenvalue weighted by Gasteiger charge is 2.45. The van der Waals surface area contributed by atoms with Gasteiger partial charge in [-0.25, -0.2) is 0 Å². The van der Waals surface area contributed by atoms with E-state index >= 15 is 0 Å². The molecule has 0 saturated carbocycles. The van der Waals surface area contributed by atoms with E-state index in [0.29, 0.717) is 0 Å². The minimum atomic E-state index is -0.120. The van der Waals surface area contributed by atoms with Crippen molar-refractivity contribution in [2.24, 2.45) is 0 Å². The van der Waals surface area contributed by atoms with Gasteiger partial charge in [-0.05, 0) is 143 Å². The molecule has 0 radical (unpaired) electrons. The molecular weight excluding hydrogens is 820 g/mol. The molecule has 0 saturated heterocycles. The van der Waals surface area contributed by atoms with Gasteiger partial charge in [0.1, 0.15) is 0 Å². The molecule has 2 aliphatic heterocycles. The molecule has 0 amide bonds. The van der Waals surface area contributed by atoms with E-state index in [1.165, 1.54) is 106 Å². The summed E-state index contributed by atoms with van der Waals surface area (Å²) in [5.41, 5.74) is 26.5. The first-order valence-electron chi connectivity index (χ1n) is 24.4. The third-order valence-corrected chi connectivity index (χ3v) is 15.2. The second-order valence-electron chi connectivity index (χ2n) is 21.8. The van der Waals surface area contributed by atoms with Crippen molar-refractivity contribution >= 4 is 57.2 Å². The fraction of sp³-hybridized carbons (Fsp3) is 0.169. The van der Waals surface area contributed by atoms with Crippen LogP contribution in [0.2, 0.25) is 0 Å². The molecule has 0 unspecified atom stereocenters. The van der Waals surface area contributed by atoms with Crippen LogP contribution in [0.25, 0.3) is 44.5 Å². The number of hydrogen-bond acceptors (Lipinski definition) is 2. The molecule has 0 N–H and O–H groups in total. The first kappa shape index (κ1) is 42.0. The zero-order valence-electron chi connectivity index (χ0n) is 40.5. The summed E-state index contributed by atoms with van der Waals surface area (Å²) >= 11 is 0. The molecule has 12 rings (SSSR count). The lowest BCUT2D eigenvalue weighted by atomic mass is 9.33. The van der Waals surface area contributed by atoms with Crippen molar-refractivity contribution in [1.29, 1.82) is 0 Å². The monoisotopic (exact) mass is 876 g/mol. The Bertz CT molecular complexity index is 3430. The standard InChI is InChI=1S/C65H57BN2/c1-63(2,3)47-31-37-58-56(39-47)66-55-38-46(43-20-13-10-14-21-43)30-36-57(55)67(49-32-26-44(27-33-49)42-18-11-9-12-19-42)59-40-48(64(4,5)6)41-60(62(59)66)68(58)50-34-28-45(29-35-50)51-23-17-25-54-61(51)52-22-15-16-24-53(52)65(54,7)8/h9-41H,1-8H3. The summed E-state index contributed by atoms with van der Waals surface area (Å²) in [5.74, 6) is 0. The second-order valence-corrected chi connectivity index (χ2v) is 21.8. The number of nitrogens with zero attached hydrogens (tertiary/aromatic N) is 2. The van der Waals surface area contributed by atoms with Crippen LogP contribution >= 0.6 is 0 Å². The van der Waals surface area contributed by atoms with E-state index < -0.39 is 0 Å². The second kappa shape index (κ2) is 15.3. The number of hydrogen-bond donors (Lipinski definition) is 0. The minimum absolute atomic E-state index is 0.00400. The zero-order chi connectivity index (χ0) is 46.7. The van der Waals surface area contributed by atoms with Crippen molar-refractivity contribution in [3.8, 4) is 44.5 Å². The van der Waals surface area contributed by atoms with Gasteiger partial charge < -0.3 is 9.80 Å². The highest BCUT2D eigenvalue weighted by Crippen LogP contribution is 2.53. The topological polar surface area (TPSA) is 6.48 Å². The Labute approximate surface area is 403 Å². The lowest BCUT2D eigenvalue weighted by molar-refractivity contribution is 0.590. The van der Waals surface area contributed by atoms with Gasteiger partial charge in [-0.3, -0.25) is 0 Å². The maximum atomic E-state index is 2.58. The average molecular weight is 877 g/mol. The molecule has 0 atom stereocenters. The van der Waals surface area contributed by atoms with Gasteiger partial charge in [0.15, 0.2) is 0 Å². The predicted molar refractivity (Wildman–Crippen MR) is 292 cm³/mol. The fourth-order valence-corrected chi connectivity index (χ4v) is 11.5. The van der Waals surface area contributed by atoms with Crippen LogP contribution < -0.4 is 26.2 Å². The summed E-state index contributed by atoms with van der Waals surface area (Å²) in [4.78, 5) is 5.13. The first-order valence-corrected chi connectivity index (χ1v) is 24.4. The van der Waals surface area contributed by atoms with Gasteiger partial charge in [0.25, 0.3) is 6.71 Å². The highest BCUT2D eigenvalue weighted by atomic mass is 15.2. The van der Waals surface area contributed by atoms with Crippen molar-refractivity contribution in [3.05, 3.63) is 222 Å². The zero-order valence-corrected chi connectivity index (χ0v) is 40.5. The SMILES string of the molecule is CC(C)(C)c1ccc2c(c1)B1c3cc(-c4ccccc4)ccc3N(c3ccc(-c4ccccc4)cc3)c3cc(C(C)(C)C)cc(c31)N2c1ccc(-c2cccc3c2-c2ccccc2C3(C)C)cc1. The van der Waals surface area contributed by atoms with Crippen LogP contribution in [0, 0.1) is 0 Å². The van der Waals surface area contributed by atoms with Crippen LogP contribution in [-0.4, -0.2) is 6.71 Å². The van der Waals surface area contributed by atoms with Gasteiger partial charge in [0.2, 0.25) is 0 Å². The Kier molecular flexibility index (Phi) is 9.48. The minimum Gasteiger partial charge on any atom is -0.311 e. The third kappa shape index (κ3) is 6.61. The molecule has 0 aromatic heterocycles. The van der Waals surface area contributed by atoms with Gasteiger partial charge in [0.05, 0.1) is 0 Å². The third-order valence-electron chi connectivity index (χ3n) is 15.2. The van der Waals surface area contributed by atoms with E-state index in [1.807, 2.05) is 0 Å².